The Balaban J connectivity index is 1.57. The van der Waals surface area contributed by atoms with Crippen molar-refractivity contribution in [2.75, 3.05) is 19.8 Å². The Bertz CT molecular complexity index is 788. The summed E-state index contributed by atoms with van der Waals surface area (Å²) in [6.45, 7) is 5.58. The number of aryl methyl sites for hydroxylation is 1. The van der Waals surface area contributed by atoms with Crippen LogP contribution >= 0.6 is 0 Å². The number of amides is 1. The van der Waals surface area contributed by atoms with E-state index in [1.54, 1.807) is 25.1 Å². The zero-order valence-electron chi connectivity index (χ0n) is 14.4. The lowest BCUT2D eigenvalue weighted by Gasteiger charge is -2.38. The van der Waals surface area contributed by atoms with Crippen LogP contribution in [0.25, 0.3) is 0 Å². The molecule has 0 unspecified atom stereocenters. The highest BCUT2D eigenvalue weighted by Gasteiger charge is 2.35. The van der Waals surface area contributed by atoms with Gasteiger partial charge in [-0.1, -0.05) is 0 Å². The predicted octanol–water partition coefficient (Wildman–Crippen LogP) is 2.56. The lowest BCUT2D eigenvalue weighted by atomic mass is 9.89. The minimum Gasteiger partial charge on any atom is -0.486 e. The van der Waals surface area contributed by atoms with Gasteiger partial charge in [-0.15, -0.1) is 10.2 Å². The molecule has 0 radical (unpaired) electrons. The molecule has 0 saturated carbocycles. The van der Waals surface area contributed by atoms with Gasteiger partial charge in [-0.05, 0) is 38.0 Å². The fourth-order valence-corrected chi connectivity index (χ4v) is 3.56. The maximum Gasteiger partial charge on any atom is 0.254 e. The second-order valence-electron chi connectivity index (χ2n) is 6.51. The van der Waals surface area contributed by atoms with Crippen LogP contribution in [-0.4, -0.2) is 46.8 Å². The van der Waals surface area contributed by atoms with Gasteiger partial charge in [0.1, 0.15) is 13.2 Å². The van der Waals surface area contributed by atoms with E-state index in [4.69, 9.17) is 13.9 Å². The van der Waals surface area contributed by atoms with Gasteiger partial charge in [-0.25, -0.2) is 0 Å². The van der Waals surface area contributed by atoms with Crippen molar-refractivity contribution in [2.45, 2.75) is 38.6 Å². The van der Waals surface area contributed by atoms with E-state index in [2.05, 4.69) is 10.2 Å². The predicted molar refractivity (Wildman–Crippen MR) is 88.9 cm³/mol. The average Bonchev–Trinajstić information content (AvgIpc) is 3.07. The van der Waals surface area contributed by atoms with Crippen LogP contribution < -0.4 is 9.47 Å². The summed E-state index contributed by atoms with van der Waals surface area (Å²) in [5.41, 5.74) is 0.610. The summed E-state index contributed by atoms with van der Waals surface area (Å²) in [5.74, 6) is 2.54. The summed E-state index contributed by atoms with van der Waals surface area (Å²) in [6.07, 6.45) is 1.85. The Morgan fingerprint density at radius 2 is 2.00 bits per heavy atom. The molecule has 7 nitrogen and oxygen atoms in total. The van der Waals surface area contributed by atoms with Crippen LogP contribution in [0.3, 0.4) is 0 Å². The molecule has 0 N–H and O–H groups in total. The first kappa shape index (κ1) is 15.9. The zero-order chi connectivity index (χ0) is 17.4. The maximum atomic E-state index is 13.0. The molecule has 0 spiro atoms. The van der Waals surface area contributed by atoms with Crippen LogP contribution in [0.15, 0.2) is 22.6 Å². The summed E-state index contributed by atoms with van der Waals surface area (Å²) >= 11 is 0. The molecule has 1 fully saturated rings. The highest BCUT2D eigenvalue weighted by molar-refractivity contribution is 5.95. The normalized spacial score (nSPS) is 22.7. The summed E-state index contributed by atoms with van der Waals surface area (Å²) in [4.78, 5) is 14.9. The average molecular weight is 343 g/mol. The van der Waals surface area contributed by atoms with Crippen LogP contribution in [0.5, 0.6) is 11.5 Å². The van der Waals surface area contributed by atoms with Crippen LogP contribution in [0.2, 0.25) is 0 Å². The number of hydrogen-bond donors (Lipinski definition) is 0. The second kappa shape index (κ2) is 6.38. The molecule has 132 valence electrons. The standard InChI is InChI=1S/C18H21N3O4/c1-11-14(17-20-19-12(2)25-17)4-3-7-21(11)18(22)13-5-6-15-16(10-13)24-9-8-23-15/h5-6,10-11,14H,3-4,7-9H2,1-2H3/t11-,14-/m0/s1. The number of piperidine rings is 1. The van der Waals surface area contributed by atoms with Gasteiger partial charge in [-0.3, -0.25) is 4.79 Å². The van der Waals surface area contributed by atoms with Crippen molar-refractivity contribution >= 4 is 5.91 Å². The first-order chi connectivity index (χ1) is 12.1. The van der Waals surface area contributed by atoms with Gasteiger partial charge in [0.2, 0.25) is 11.8 Å². The fraction of sp³-hybridized carbons (Fsp3) is 0.500. The highest BCUT2D eigenvalue weighted by atomic mass is 16.6. The smallest absolute Gasteiger partial charge is 0.254 e. The lowest BCUT2D eigenvalue weighted by Crippen LogP contribution is -2.46. The monoisotopic (exact) mass is 343 g/mol. The molecular formula is C18H21N3O4. The van der Waals surface area contributed by atoms with Gasteiger partial charge < -0.3 is 18.8 Å². The number of nitrogens with zero attached hydrogens (tertiary/aromatic N) is 3. The van der Waals surface area contributed by atoms with Crippen LogP contribution in [-0.2, 0) is 0 Å². The molecule has 0 aliphatic carbocycles. The van der Waals surface area contributed by atoms with Crippen LogP contribution in [0.4, 0.5) is 0 Å². The number of ether oxygens (including phenoxy) is 2. The number of carbonyl (C=O) groups excluding carboxylic acids is 1. The number of fused-ring (bicyclic) bond motifs is 1. The SMILES string of the molecule is Cc1nnc([C@H]2CCCN(C(=O)c3ccc4c(c3)OCCO4)[C@H]2C)o1. The van der Waals surface area contributed by atoms with Crippen LogP contribution in [0.1, 0.15) is 47.8 Å². The van der Waals surface area contributed by atoms with E-state index in [0.29, 0.717) is 42.1 Å². The summed E-state index contributed by atoms with van der Waals surface area (Å²) in [5, 5.41) is 8.07. The second-order valence-corrected chi connectivity index (χ2v) is 6.51. The molecule has 1 aromatic heterocycles. The number of likely N-dealkylation sites (tertiary alicyclic amines) is 1. The Kier molecular flexibility index (Phi) is 4.07. The van der Waals surface area contributed by atoms with Gasteiger partial charge in [0.05, 0.1) is 5.92 Å². The molecule has 2 atom stereocenters. The van der Waals surface area contributed by atoms with E-state index in [0.717, 1.165) is 19.4 Å². The van der Waals surface area contributed by atoms with Gasteiger partial charge in [0.25, 0.3) is 5.91 Å². The highest BCUT2D eigenvalue weighted by Crippen LogP contribution is 2.35. The first-order valence-electron chi connectivity index (χ1n) is 8.64. The molecule has 0 bridgehead atoms. The van der Waals surface area contributed by atoms with Crippen molar-refractivity contribution in [1.29, 1.82) is 0 Å². The molecule has 2 aromatic rings. The van der Waals surface area contributed by atoms with E-state index < -0.39 is 0 Å². The summed E-state index contributed by atoms with van der Waals surface area (Å²) in [7, 11) is 0. The Morgan fingerprint density at radius 1 is 1.20 bits per heavy atom. The van der Waals surface area contributed by atoms with E-state index in [1.807, 2.05) is 11.8 Å². The third-order valence-electron chi connectivity index (χ3n) is 4.90. The number of rotatable bonds is 2. The van der Waals surface area contributed by atoms with Crippen LogP contribution in [0, 0.1) is 6.92 Å². The number of carbonyl (C=O) groups is 1. The molecule has 25 heavy (non-hydrogen) atoms. The van der Waals surface area contributed by atoms with Crippen molar-refractivity contribution in [1.82, 2.24) is 15.1 Å². The van der Waals surface area contributed by atoms with Gasteiger partial charge in [-0.2, -0.15) is 0 Å². The molecule has 7 heteroatoms. The first-order valence-corrected chi connectivity index (χ1v) is 8.64. The molecule has 2 aliphatic rings. The summed E-state index contributed by atoms with van der Waals surface area (Å²) < 4.78 is 16.7. The van der Waals surface area contributed by atoms with Gasteiger partial charge in [0.15, 0.2) is 11.5 Å². The molecule has 3 heterocycles. The van der Waals surface area contributed by atoms with Crippen molar-refractivity contribution in [3.05, 3.63) is 35.5 Å². The maximum absolute atomic E-state index is 13.0. The molecule has 1 amide bonds. The van der Waals surface area contributed by atoms with Crippen molar-refractivity contribution in [3.63, 3.8) is 0 Å². The fourth-order valence-electron chi connectivity index (χ4n) is 3.56. The Hall–Kier alpha value is -2.57. The number of benzene rings is 1. The van der Waals surface area contributed by atoms with E-state index in [1.165, 1.54) is 0 Å². The molecule has 2 aliphatic heterocycles. The lowest BCUT2D eigenvalue weighted by molar-refractivity contribution is 0.0581. The largest absolute Gasteiger partial charge is 0.486 e. The molecule has 1 aromatic carbocycles. The topological polar surface area (TPSA) is 77.7 Å². The number of aromatic nitrogens is 2. The summed E-state index contributed by atoms with van der Waals surface area (Å²) in [6, 6.07) is 5.36. The van der Waals surface area contributed by atoms with Crippen molar-refractivity contribution in [3.8, 4) is 11.5 Å². The minimum atomic E-state index is -0.00888. The third-order valence-corrected chi connectivity index (χ3v) is 4.90. The Morgan fingerprint density at radius 3 is 2.76 bits per heavy atom. The third kappa shape index (κ3) is 2.94. The molecule has 4 rings (SSSR count). The molecule has 1 saturated heterocycles. The van der Waals surface area contributed by atoms with Crippen molar-refractivity contribution < 1.29 is 18.7 Å². The van der Waals surface area contributed by atoms with E-state index in [-0.39, 0.29) is 17.9 Å². The van der Waals surface area contributed by atoms with Crippen molar-refractivity contribution in [2.24, 2.45) is 0 Å². The van der Waals surface area contributed by atoms with Gasteiger partial charge >= 0.3 is 0 Å². The number of hydrogen-bond acceptors (Lipinski definition) is 6. The zero-order valence-corrected chi connectivity index (χ0v) is 14.4. The quantitative estimate of drug-likeness (QED) is 0.834. The molecular weight excluding hydrogens is 322 g/mol. The van der Waals surface area contributed by atoms with E-state index >= 15 is 0 Å². The van der Waals surface area contributed by atoms with Gasteiger partial charge in [0, 0.05) is 25.1 Å². The minimum absolute atomic E-state index is 0.00528. The van der Waals surface area contributed by atoms with E-state index in [9.17, 15) is 4.79 Å². The Labute approximate surface area is 145 Å².